The van der Waals surface area contributed by atoms with E-state index in [1.807, 2.05) is 0 Å². The van der Waals surface area contributed by atoms with Crippen molar-refractivity contribution in [3.63, 3.8) is 0 Å². The molecule has 0 spiro atoms. The second-order valence-corrected chi connectivity index (χ2v) is 3.18. The molecule has 0 radical (unpaired) electrons. The summed E-state index contributed by atoms with van der Waals surface area (Å²) in [6, 6.07) is 1.27. The van der Waals surface area contributed by atoms with Gasteiger partial charge in [0.2, 0.25) is 5.95 Å². The molecule has 0 saturated carbocycles. The van der Waals surface area contributed by atoms with Crippen LogP contribution in [-0.4, -0.2) is 19.7 Å². The van der Waals surface area contributed by atoms with Crippen LogP contribution in [0, 0.1) is 0 Å². The minimum atomic E-state index is -4.46. The molecule has 0 atom stereocenters. The van der Waals surface area contributed by atoms with Gasteiger partial charge in [0.05, 0.1) is 11.8 Å². The maximum atomic E-state index is 12.3. The third kappa shape index (κ3) is 2.27. The molecule has 2 rings (SSSR count). The highest BCUT2D eigenvalue weighted by Gasteiger charge is 2.32. The highest BCUT2D eigenvalue weighted by atomic mass is 19.4. The smallest absolute Gasteiger partial charge is 0.383 e. The summed E-state index contributed by atoms with van der Waals surface area (Å²) < 4.78 is 37.9. The number of hydrogen-bond acceptors (Lipinski definition) is 5. The molecular formula is C8H7F3N6. The lowest BCUT2D eigenvalue weighted by atomic mass is 10.4. The van der Waals surface area contributed by atoms with Crippen molar-refractivity contribution < 1.29 is 13.2 Å². The Morgan fingerprint density at radius 2 is 1.88 bits per heavy atom. The molecule has 9 heteroatoms. The highest BCUT2D eigenvalue weighted by Crippen LogP contribution is 2.29. The van der Waals surface area contributed by atoms with Gasteiger partial charge in [-0.15, -0.1) is 0 Å². The highest BCUT2D eigenvalue weighted by molar-refractivity contribution is 5.42. The quantitative estimate of drug-likeness (QED) is 0.775. The molecule has 0 aliphatic heterocycles. The molecule has 0 fully saturated rings. The molecule has 0 saturated heterocycles. The molecular weight excluding hydrogens is 237 g/mol. The standard InChI is InChI=1S/C8H7F3N6/c9-8(10,11)4-2-14-17(3-4)6-1-5(12)15-7(13)16-6/h1-3H,(H4,12,13,15,16). The van der Waals surface area contributed by atoms with E-state index in [-0.39, 0.29) is 17.6 Å². The van der Waals surface area contributed by atoms with Gasteiger partial charge in [-0.2, -0.15) is 28.2 Å². The normalized spacial score (nSPS) is 11.7. The van der Waals surface area contributed by atoms with Gasteiger partial charge in [-0.05, 0) is 0 Å². The monoisotopic (exact) mass is 244 g/mol. The predicted octanol–water partition coefficient (Wildman–Crippen LogP) is 0.845. The van der Waals surface area contributed by atoms with Gasteiger partial charge in [0.25, 0.3) is 0 Å². The van der Waals surface area contributed by atoms with Crippen LogP contribution in [0.1, 0.15) is 5.56 Å². The lowest BCUT2D eigenvalue weighted by Gasteiger charge is -2.03. The summed E-state index contributed by atoms with van der Waals surface area (Å²) in [5.74, 6) is -0.00822. The van der Waals surface area contributed by atoms with Crippen molar-refractivity contribution in [3.8, 4) is 5.82 Å². The molecule has 0 aromatic carbocycles. The Morgan fingerprint density at radius 1 is 1.18 bits per heavy atom. The molecule has 6 nitrogen and oxygen atoms in total. The lowest BCUT2D eigenvalue weighted by Crippen LogP contribution is -2.06. The summed E-state index contributed by atoms with van der Waals surface area (Å²) in [6.45, 7) is 0. The second-order valence-electron chi connectivity index (χ2n) is 3.18. The number of nitrogens with zero attached hydrogens (tertiary/aromatic N) is 4. The number of alkyl halides is 3. The van der Waals surface area contributed by atoms with Crippen LogP contribution < -0.4 is 11.5 Å². The van der Waals surface area contributed by atoms with E-state index < -0.39 is 11.7 Å². The van der Waals surface area contributed by atoms with Crippen LogP contribution in [-0.2, 0) is 6.18 Å². The molecule has 0 aliphatic rings. The third-order valence-corrected chi connectivity index (χ3v) is 1.89. The number of rotatable bonds is 1. The molecule has 0 aliphatic carbocycles. The van der Waals surface area contributed by atoms with Crippen LogP contribution >= 0.6 is 0 Å². The van der Waals surface area contributed by atoms with Crippen LogP contribution in [0.15, 0.2) is 18.5 Å². The SMILES string of the molecule is Nc1cc(-n2cc(C(F)(F)F)cn2)nc(N)n1. The Kier molecular flexibility index (Phi) is 2.37. The van der Waals surface area contributed by atoms with Crippen LogP contribution in [0.3, 0.4) is 0 Å². The van der Waals surface area contributed by atoms with Gasteiger partial charge in [0.1, 0.15) is 5.82 Å². The van der Waals surface area contributed by atoms with Crippen molar-refractivity contribution in [1.29, 1.82) is 0 Å². The van der Waals surface area contributed by atoms with E-state index in [9.17, 15) is 13.2 Å². The zero-order valence-electron chi connectivity index (χ0n) is 8.31. The maximum Gasteiger partial charge on any atom is 0.419 e. The molecule has 0 amide bonds. The van der Waals surface area contributed by atoms with Crippen molar-refractivity contribution >= 4 is 11.8 Å². The van der Waals surface area contributed by atoms with Crippen LogP contribution in [0.2, 0.25) is 0 Å². The third-order valence-electron chi connectivity index (χ3n) is 1.89. The van der Waals surface area contributed by atoms with Gasteiger partial charge >= 0.3 is 6.18 Å². The molecule has 90 valence electrons. The van der Waals surface area contributed by atoms with E-state index in [2.05, 4.69) is 15.1 Å². The van der Waals surface area contributed by atoms with Gasteiger partial charge in [-0.3, -0.25) is 0 Å². The van der Waals surface area contributed by atoms with Crippen molar-refractivity contribution in [3.05, 3.63) is 24.0 Å². The van der Waals surface area contributed by atoms with Crippen molar-refractivity contribution in [2.75, 3.05) is 11.5 Å². The lowest BCUT2D eigenvalue weighted by molar-refractivity contribution is -0.137. The summed E-state index contributed by atoms with van der Waals surface area (Å²) in [6.07, 6.45) is -2.97. The van der Waals surface area contributed by atoms with E-state index in [0.29, 0.717) is 6.20 Å². The second kappa shape index (κ2) is 3.61. The fraction of sp³-hybridized carbons (Fsp3) is 0.125. The fourth-order valence-corrected chi connectivity index (χ4v) is 1.18. The first-order valence-corrected chi connectivity index (χ1v) is 4.38. The number of nitrogens with two attached hydrogens (primary N) is 2. The van der Waals surface area contributed by atoms with Gasteiger partial charge < -0.3 is 11.5 Å². The molecule has 0 unspecified atom stereocenters. The minimum absolute atomic E-state index is 0.0524. The van der Waals surface area contributed by atoms with Crippen molar-refractivity contribution in [2.24, 2.45) is 0 Å². The Morgan fingerprint density at radius 3 is 2.41 bits per heavy atom. The molecule has 4 N–H and O–H groups in total. The van der Waals surface area contributed by atoms with Gasteiger partial charge in [-0.25, -0.2) is 4.68 Å². The van der Waals surface area contributed by atoms with Gasteiger partial charge in [-0.1, -0.05) is 0 Å². The zero-order valence-corrected chi connectivity index (χ0v) is 8.31. The minimum Gasteiger partial charge on any atom is -0.383 e. The summed E-state index contributed by atoms with van der Waals surface area (Å²) in [7, 11) is 0. The summed E-state index contributed by atoms with van der Waals surface area (Å²) in [5, 5.41) is 3.53. The predicted molar refractivity (Wildman–Crippen MR) is 53.0 cm³/mol. The summed E-state index contributed by atoms with van der Waals surface area (Å²) >= 11 is 0. The Labute approximate surface area is 93.1 Å². The number of nitrogen functional groups attached to an aromatic ring is 2. The molecule has 2 aromatic heterocycles. The summed E-state index contributed by atoms with van der Waals surface area (Å²) in [4.78, 5) is 7.32. The molecule has 2 heterocycles. The van der Waals surface area contributed by atoms with E-state index in [4.69, 9.17) is 11.5 Å². The first-order chi connectivity index (χ1) is 7.86. The topological polar surface area (TPSA) is 95.6 Å². The van der Waals surface area contributed by atoms with Crippen molar-refractivity contribution in [2.45, 2.75) is 6.18 Å². The Hall–Kier alpha value is -2.32. The largest absolute Gasteiger partial charge is 0.419 e. The summed E-state index contributed by atoms with van der Waals surface area (Å²) in [5.41, 5.74) is 9.84. The van der Waals surface area contributed by atoms with Gasteiger partial charge in [0, 0.05) is 12.3 Å². The number of anilines is 2. The van der Waals surface area contributed by atoms with E-state index in [1.165, 1.54) is 6.07 Å². The number of hydrogen-bond donors (Lipinski definition) is 2. The van der Waals surface area contributed by atoms with Crippen molar-refractivity contribution in [1.82, 2.24) is 19.7 Å². The zero-order chi connectivity index (χ0) is 12.6. The Bertz CT molecular complexity index is 526. The van der Waals surface area contributed by atoms with Crippen LogP contribution in [0.4, 0.5) is 24.9 Å². The van der Waals surface area contributed by atoms with E-state index in [0.717, 1.165) is 10.9 Å². The first kappa shape index (κ1) is 11.2. The molecule has 17 heavy (non-hydrogen) atoms. The number of aromatic nitrogens is 4. The average molecular weight is 244 g/mol. The maximum absolute atomic E-state index is 12.3. The van der Waals surface area contributed by atoms with Crippen LogP contribution in [0.25, 0.3) is 5.82 Å². The molecule has 0 bridgehead atoms. The Balaban J connectivity index is 2.44. The number of halogens is 3. The van der Waals surface area contributed by atoms with Crippen LogP contribution in [0.5, 0.6) is 0 Å². The fourth-order valence-electron chi connectivity index (χ4n) is 1.18. The molecule has 2 aromatic rings. The van der Waals surface area contributed by atoms with E-state index >= 15 is 0 Å². The van der Waals surface area contributed by atoms with Gasteiger partial charge in [0.15, 0.2) is 5.82 Å². The average Bonchev–Trinajstić information content (AvgIpc) is 2.63. The van der Waals surface area contributed by atoms with E-state index in [1.54, 1.807) is 0 Å². The first-order valence-electron chi connectivity index (χ1n) is 4.38.